The molecule has 0 saturated carbocycles. The van der Waals surface area contributed by atoms with Crippen LogP contribution in [0.4, 0.5) is 5.69 Å². The van der Waals surface area contributed by atoms with E-state index in [4.69, 9.17) is 0 Å². The number of nitrogens with one attached hydrogen (secondary N) is 1. The SMILES string of the molecule is CC(=O)c1cccc(NC(=O)c2sc(-c3ccccc3)nc2C)c1. The van der Waals surface area contributed by atoms with Gasteiger partial charge in [-0.3, -0.25) is 9.59 Å². The van der Waals surface area contributed by atoms with Crippen molar-refractivity contribution in [3.63, 3.8) is 0 Å². The average Bonchev–Trinajstić information content (AvgIpc) is 2.98. The zero-order chi connectivity index (χ0) is 17.1. The molecule has 1 aromatic heterocycles. The van der Waals surface area contributed by atoms with E-state index in [2.05, 4.69) is 10.3 Å². The van der Waals surface area contributed by atoms with Gasteiger partial charge in [-0.1, -0.05) is 42.5 Å². The summed E-state index contributed by atoms with van der Waals surface area (Å²) < 4.78 is 0. The minimum atomic E-state index is -0.215. The summed E-state index contributed by atoms with van der Waals surface area (Å²) in [5.74, 6) is -0.251. The van der Waals surface area contributed by atoms with Gasteiger partial charge in [0.2, 0.25) is 0 Å². The number of carbonyl (C=O) groups excluding carboxylic acids is 2. The lowest BCUT2D eigenvalue weighted by Crippen LogP contribution is -2.11. The Kier molecular flexibility index (Phi) is 4.53. The van der Waals surface area contributed by atoms with E-state index in [0.717, 1.165) is 10.6 Å². The Bertz CT molecular complexity index is 901. The van der Waals surface area contributed by atoms with E-state index < -0.39 is 0 Å². The topological polar surface area (TPSA) is 59.1 Å². The molecule has 0 fully saturated rings. The number of amides is 1. The third-order valence-electron chi connectivity index (χ3n) is 3.55. The van der Waals surface area contributed by atoms with Crippen LogP contribution in [-0.4, -0.2) is 16.7 Å². The summed E-state index contributed by atoms with van der Waals surface area (Å²) in [6.07, 6.45) is 0. The van der Waals surface area contributed by atoms with Crippen LogP contribution in [0.3, 0.4) is 0 Å². The van der Waals surface area contributed by atoms with Crippen LogP contribution in [0.25, 0.3) is 10.6 Å². The number of nitrogens with zero attached hydrogens (tertiary/aromatic N) is 1. The predicted octanol–water partition coefficient (Wildman–Crippen LogP) is 4.57. The predicted molar refractivity (Wildman–Crippen MR) is 96.7 cm³/mol. The summed E-state index contributed by atoms with van der Waals surface area (Å²) in [6.45, 7) is 3.32. The number of ketones is 1. The fourth-order valence-electron chi connectivity index (χ4n) is 2.32. The van der Waals surface area contributed by atoms with Gasteiger partial charge in [-0.2, -0.15) is 0 Å². The van der Waals surface area contributed by atoms with Crippen molar-refractivity contribution in [1.29, 1.82) is 0 Å². The number of anilines is 1. The highest BCUT2D eigenvalue weighted by molar-refractivity contribution is 7.17. The largest absolute Gasteiger partial charge is 0.321 e. The monoisotopic (exact) mass is 336 g/mol. The third kappa shape index (κ3) is 3.41. The fraction of sp³-hybridized carbons (Fsp3) is 0.105. The van der Waals surface area contributed by atoms with Gasteiger partial charge in [-0.15, -0.1) is 11.3 Å². The summed E-state index contributed by atoms with van der Waals surface area (Å²) in [7, 11) is 0. The summed E-state index contributed by atoms with van der Waals surface area (Å²) in [6, 6.07) is 16.7. The second-order valence-electron chi connectivity index (χ2n) is 5.39. The number of hydrogen-bond acceptors (Lipinski definition) is 4. The zero-order valence-corrected chi connectivity index (χ0v) is 14.2. The van der Waals surface area contributed by atoms with Crippen LogP contribution < -0.4 is 5.32 Å². The molecule has 3 aromatic rings. The molecule has 1 amide bonds. The number of rotatable bonds is 4. The molecule has 2 aromatic carbocycles. The molecule has 120 valence electrons. The average molecular weight is 336 g/mol. The van der Waals surface area contributed by atoms with E-state index in [1.54, 1.807) is 24.3 Å². The van der Waals surface area contributed by atoms with Crippen LogP contribution in [0, 0.1) is 6.92 Å². The van der Waals surface area contributed by atoms with Crippen molar-refractivity contribution in [2.24, 2.45) is 0 Å². The van der Waals surface area contributed by atoms with E-state index >= 15 is 0 Å². The van der Waals surface area contributed by atoms with Crippen molar-refractivity contribution < 1.29 is 9.59 Å². The van der Waals surface area contributed by atoms with E-state index in [1.165, 1.54) is 18.3 Å². The molecule has 4 nitrogen and oxygen atoms in total. The zero-order valence-electron chi connectivity index (χ0n) is 13.4. The maximum atomic E-state index is 12.5. The molecule has 0 unspecified atom stereocenters. The van der Waals surface area contributed by atoms with Gasteiger partial charge in [-0.05, 0) is 26.0 Å². The quantitative estimate of drug-likeness (QED) is 0.710. The molecular weight excluding hydrogens is 320 g/mol. The Morgan fingerprint density at radius 2 is 1.79 bits per heavy atom. The molecule has 1 heterocycles. The highest BCUT2D eigenvalue weighted by atomic mass is 32.1. The van der Waals surface area contributed by atoms with Crippen molar-refractivity contribution >= 4 is 28.7 Å². The fourth-order valence-corrected chi connectivity index (χ4v) is 3.28. The van der Waals surface area contributed by atoms with Crippen LogP contribution in [0.15, 0.2) is 54.6 Å². The molecule has 24 heavy (non-hydrogen) atoms. The summed E-state index contributed by atoms with van der Waals surface area (Å²) in [5, 5.41) is 3.65. The molecule has 5 heteroatoms. The van der Waals surface area contributed by atoms with E-state index in [9.17, 15) is 9.59 Å². The molecule has 0 spiro atoms. The van der Waals surface area contributed by atoms with Crippen molar-refractivity contribution in [1.82, 2.24) is 4.98 Å². The molecule has 1 N–H and O–H groups in total. The van der Waals surface area contributed by atoms with Crippen molar-refractivity contribution in [2.75, 3.05) is 5.32 Å². The molecule has 0 aliphatic heterocycles. The van der Waals surface area contributed by atoms with Crippen molar-refractivity contribution in [3.05, 3.63) is 70.7 Å². The molecule has 0 aliphatic carbocycles. The first-order valence-corrected chi connectivity index (χ1v) is 8.31. The number of aromatic nitrogens is 1. The van der Waals surface area contributed by atoms with Gasteiger partial charge in [0, 0.05) is 16.8 Å². The molecule has 0 saturated heterocycles. The summed E-state index contributed by atoms with van der Waals surface area (Å²) in [5.41, 5.74) is 2.85. The van der Waals surface area contributed by atoms with Crippen LogP contribution in [-0.2, 0) is 0 Å². The second-order valence-corrected chi connectivity index (χ2v) is 6.39. The number of carbonyl (C=O) groups is 2. The van der Waals surface area contributed by atoms with Gasteiger partial charge < -0.3 is 5.32 Å². The van der Waals surface area contributed by atoms with Crippen LogP contribution in [0.1, 0.15) is 32.6 Å². The van der Waals surface area contributed by atoms with Crippen LogP contribution >= 0.6 is 11.3 Å². The van der Waals surface area contributed by atoms with Gasteiger partial charge in [0.1, 0.15) is 9.88 Å². The lowest BCUT2D eigenvalue weighted by molar-refractivity contribution is 0.101. The first-order chi connectivity index (χ1) is 11.5. The van der Waals surface area contributed by atoms with Gasteiger partial charge in [0.15, 0.2) is 5.78 Å². The van der Waals surface area contributed by atoms with Crippen molar-refractivity contribution in [2.45, 2.75) is 13.8 Å². The van der Waals surface area contributed by atoms with Crippen molar-refractivity contribution in [3.8, 4) is 10.6 Å². The maximum absolute atomic E-state index is 12.5. The number of thiazole rings is 1. The minimum absolute atomic E-state index is 0.0357. The number of Topliss-reactive ketones (excluding diaryl/α,β-unsaturated/α-hetero) is 1. The molecule has 0 atom stereocenters. The Hall–Kier alpha value is -2.79. The summed E-state index contributed by atoms with van der Waals surface area (Å²) in [4.78, 5) is 29.0. The van der Waals surface area contributed by atoms with Crippen LogP contribution in [0.2, 0.25) is 0 Å². The Balaban J connectivity index is 1.84. The number of aryl methyl sites for hydroxylation is 1. The third-order valence-corrected chi connectivity index (χ3v) is 4.76. The molecule has 0 aliphatic rings. The van der Waals surface area contributed by atoms with Gasteiger partial charge in [0.25, 0.3) is 5.91 Å². The van der Waals surface area contributed by atoms with E-state index in [1.807, 2.05) is 37.3 Å². The second kappa shape index (κ2) is 6.76. The van der Waals surface area contributed by atoms with Gasteiger partial charge >= 0.3 is 0 Å². The standard InChI is InChI=1S/C19H16N2O2S/c1-12-17(24-19(20-12)14-7-4-3-5-8-14)18(23)21-16-10-6-9-15(11-16)13(2)22/h3-11H,1-2H3,(H,21,23). The van der Waals surface area contributed by atoms with Gasteiger partial charge in [-0.25, -0.2) is 4.98 Å². The molecule has 3 rings (SSSR count). The Morgan fingerprint density at radius 1 is 1.04 bits per heavy atom. The van der Waals surface area contributed by atoms with E-state index in [-0.39, 0.29) is 11.7 Å². The normalized spacial score (nSPS) is 10.4. The Labute approximate surface area is 144 Å². The first kappa shape index (κ1) is 16.1. The molecule has 0 bridgehead atoms. The maximum Gasteiger partial charge on any atom is 0.267 e. The minimum Gasteiger partial charge on any atom is -0.321 e. The highest BCUT2D eigenvalue weighted by Gasteiger charge is 2.16. The highest BCUT2D eigenvalue weighted by Crippen LogP contribution is 2.28. The lowest BCUT2D eigenvalue weighted by Gasteiger charge is -2.05. The smallest absolute Gasteiger partial charge is 0.267 e. The van der Waals surface area contributed by atoms with Gasteiger partial charge in [0.05, 0.1) is 5.69 Å². The first-order valence-electron chi connectivity index (χ1n) is 7.50. The summed E-state index contributed by atoms with van der Waals surface area (Å²) >= 11 is 1.36. The number of benzene rings is 2. The molecular formula is C19H16N2O2S. The number of hydrogen-bond donors (Lipinski definition) is 1. The molecule has 0 radical (unpaired) electrons. The van der Waals surface area contributed by atoms with Crippen LogP contribution in [0.5, 0.6) is 0 Å². The lowest BCUT2D eigenvalue weighted by atomic mass is 10.1. The Morgan fingerprint density at radius 3 is 2.50 bits per heavy atom. The van der Waals surface area contributed by atoms with E-state index in [0.29, 0.717) is 21.8 Å².